The van der Waals surface area contributed by atoms with Crippen LogP contribution in [-0.4, -0.2) is 21.3 Å². The third kappa shape index (κ3) is 3.17. The Morgan fingerprint density at radius 3 is 2.83 bits per heavy atom. The summed E-state index contributed by atoms with van der Waals surface area (Å²) in [5.41, 5.74) is 3.45. The monoisotopic (exact) mass is 308 g/mol. The highest BCUT2D eigenvalue weighted by molar-refractivity contribution is 9.10. The second-order valence-corrected chi connectivity index (χ2v) is 5.08. The van der Waals surface area contributed by atoms with Crippen LogP contribution in [-0.2, 0) is 13.1 Å². The first-order valence-electron chi connectivity index (χ1n) is 6.03. The van der Waals surface area contributed by atoms with Crippen molar-refractivity contribution in [2.45, 2.75) is 26.9 Å². The predicted octanol–water partition coefficient (Wildman–Crippen LogP) is 2.51. The molecule has 2 rings (SSSR count). The molecule has 96 valence electrons. The lowest BCUT2D eigenvalue weighted by molar-refractivity contribution is 0.647. The molecule has 0 saturated carbocycles. The Labute approximate surface area is 116 Å². The second kappa shape index (κ2) is 6.11. The summed E-state index contributed by atoms with van der Waals surface area (Å²) in [6.07, 6.45) is 3.74. The van der Waals surface area contributed by atoms with Crippen LogP contribution >= 0.6 is 15.9 Å². The molecule has 0 aliphatic heterocycles. The van der Waals surface area contributed by atoms with E-state index in [1.165, 1.54) is 11.3 Å². The van der Waals surface area contributed by atoms with E-state index >= 15 is 0 Å². The van der Waals surface area contributed by atoms with Crippen molar-refractivity contribution < 1.29 is 0 Å². The molecular formula is C13H17BrN4. The van der Waals surface area contributed by atoms with Crippen molar-refractivity contribution in [3.05, 3.63) is 46.0 Å². The number of hydrogen-bond acceptors (Lipinski definition) is 3. The molecule has 0 aliphatic rings. The Morgan fingerprint density at radius 2 is 2.17 bits per heavy atom. The summed E-state index contributed by atoms with van der Waals surface area (Å²) in [6.45, 7) is 6.75. The van der Waals surface area contributed by atoms with E-state index in [1.807, 2.05) is 29.2 Å². The first-order valence-corrected chi connectivity index (χ1v) is 6.82. The maximum absolute atomic E-state index is 4.41. The zero-order valence-corrected chi connectivity index (χ0v) is 12.2. The number of nitrogens with one attached hydrogen (secondary N) is 1. The molecule has 5 heteroatoms. The van der Waals surface area contributed by atoms with E-state index in [1.54, 1.807) is 0 Å². The number of nitrogens with zero attached hydrogens (tertiary/aromatic N) is 3. The van der Waals surface area contributed by atoms with E-state index in [9.17, 15) is 0 Å². The lowest BCUT2D eigenvalue weighted by atomic mass is 10.2. The third-order valence-electron chi connectivity index (χ3n) is 2.87. The molecular weight excluding hydrogens is 292 g/mol. The summed E-state index contributed by atoms with van der Waals surface area (Å²) < 4.78 is 2.99. The summed E-state index contributed by atoms with van der Waals surface area (Å²) in [7, 11) is 0. The molecule has 4 nitrogen and oxygen atoms in total. The van der Waals surface area contributed by atoms with E-state index in [0.29, 0.717) is 6.54 Å². The van der Waals surface area contributed by atoms with Gasteiger partial charge in [0.2, 0.25) is 0 Å². The van der Waals surface area contributed by atoms with E-state index in [0.717, 1.165) is 23.3 Å². The minimum atomic E-state index is 0.714. The highest BCUT2D eigenvalue weighted by atomic mass is 79.9. The molecule has 2 aromatic rings. The quantitative estimate of drug-likeness (QED) is 0.923. The molecule has 0 aromatic carbocycles. The largest absolute Gasteiger partial charge is 0.313 e. The van der Waals surface area contributed by atoms with Crippen molar-refractivity contribution >= 4 is 15.9 Å². The summed E-state index contributed by atoms with van der Waals surface area (Å²) in [5.74, 6) is 0. The van der Waals surface area contributed by atoms with Gasteiger partial charge in [-0.3, -0.25) is 9.67 Å². The van der Waals surface area contributed by atoms with Gasteiger partial charge in [0.1, 0.15) is 0 Å². The maximum Gasteiger partial charge on any atom is 0.0834 e. The first kappa shape index (κ1) is 13.2. The van der Waals surface area contributed by atoms with Gasteiger partial charge < -0.3 is 5.32 Å². The Morgan fingerprint density at radius 1 is 1.33 bits per heavy atom. The van der Waals surface area contributed by atoms with Gasteiger partial charge in [0, 0.05) is 28.5 Å². The minimum absolute atomic E-state index is 0.714. The van der Waals surface area contributed by atoms with Crippen molar-refractivity contribution in [3.63, 3.8) is 0 Å². The standard InChI is InChI=1S/C13H17BrN4/c1-3-15-6-11-7-17-18(10(11)2)9-13-5-4-12(14)8-16-13/h4-5,7-8,15H,3,6,9H2,1-2H3. The number of aromatic nitrogens is 3. The second-order valence-electron chi connectivity index (χ2n) is 4.16. The van der Waals surface area contributed by atoms with E-state index < -0.39 is 0 Å². The van der Waals surface area contributed by atoms with Gasteiger partial charge in [0.25, 0.3) is 0 Å². The average molecular weight is 309 g/mol. The highest BCUT2D eigenvalue weighted by Crippen LogP contribution is 2.11. The van der Waals surface area contributed by atoms with Crippen LogP contribution < -0.4 is 5.32 Å². The van der Waals surface area contributed by atoms with E-state index in [-0.39, 0.29) is 0 Å². The molecule has 0 bridgehead atoms. The Balaban J connectivity index is 2.09. The van der Waals surface area contributed by atoms with Gasteiger partial charge in [-0.15, -0.1) is 0 Å². The normalized spacial score (nSPS) is 10.8. The van der Waals surface area contributed by atoms with E-state index in [4.69, 9.17) is 0 Å². The third-order valence-corrected chi connectivity index (χ3v) is 3.34. The Bertz CT molecular complexity index is 504. The summed E-state index contributed by atoms with van der Waals surface area (Å²) in [6, 6.07) is 4.01. The minimum Gasteiger partial charge on any atom is -0.313 e. The summed E-state index contributed by atoms with van der Waals surface area (Å²) in [4.78, 5) is 4.36. The van der Waals surface area contributed by atoms with Crippen molar-refractivity contribution in [3.8, 4) is 0 Å². The van der Waals surface area contributed by atoms with Crippen LogP contribution in [0.15, 0.2) is 29.0 Å². The topological polar surface area (TPSA) is 42.7 Å². The smallest absolute Gasteiger partial charge is 0.0834 e. The number of pyridine rings is 1. The van der Waals surface area contributed by atoms with Crippen molar-refractivity contribution in [1.82, 2.24) is 20.1 Å². The SMILES string of the molecule is CCNCc1cnn(Cc2ccc(Br)cn2)c1C. The fraction of sp³-hybridized carbons (Fsp3) is 0.385. The summed E-state index contributed by atoms with van der Waals surface area (Å²) in [5, 5.41) is 7.73. The molecule has 0 fully saturated rings. The van der Waals surface area contributed by atoms with Crippen molar-refractivity contribution in [2.75, 3.05) is 6.54 Å². The molecule has 1 N–H and O–H groups in total. The van der Waals surface area contributed by atoms with Gasteiger partial charge in [-0.2, -0.15) is 5.10 Å². The molecule has 0 spiro atoms. The molecule has 2 aromatic heterocycles. The average Bonchev–Trinajstić information content (AvgIpc) is 2.71. The van der Waals surface area contributed by atoms with Crippen LogP contribution in [0.2, 0.25) is 0 Å². The van der Waals surface area contributed by atoms with Gasteiger partial charge in [0.15, 0.2) is 0 Å². The van der Waals surface area contributed by atoms with Crippen molar-refractivity contribution in [1.29, 1.82) is 0 Å². The molecule has 0 atom stereocenters. The van der Waals surface area contributed by atoms with Gasteiger partial charge in [-0.05, 0) is 41.5 Å². The van der Waals surface area contributed by atoms with Crippen LogP contribution in [0.25, 0.3) is 0 Å². The number of rotatable bonds is 5. The van der Waals surface area contributed by atoms with Gasteiger partial charge in [-0.25, -0.2) is 0 Å². The molecule has 2 heterocycles. The molecule has 0 amide bonds. The fourth-order valence-corrected chi connectivity index (χ4v) is 1.97. The number of hydrogen-bond donors (Lipinski definition) is 1. The molecule has 18 heavy (non-hydrogen) atoms. The summed E-state index contributed by atoms with van der Waals surface area (Å²) >= 11 is 3.38. The molecule has 0 unspecified atom stereocenters. The van der Waals surface area contributed by atoms with E-state index in [2.05, 4.69) is 45.2 Å². The predicted molar refractivity (Wildman–Crippen MR) is 75.4 cm³/mol. The fourth-order valence-electron chi connectivity index (χ4n) is 1.73. The van der Waals surface area contributed by atoms with Crippen LogP contribution in [0.3, 0.4) is 0 Å². The van der Waals surface area contributed by atoms with Gasteiger partial charge >= 0.3 is 0 Å². The van der Waals surface area contributed by atoms with Crippen LogP contribution in [0.1, 0.15) is 23.9 Å². The number of halogens is 1. The Kier molecular flexibility index (Phi) is 4.49. The van der Waals surface area contributed by atoms with Crippen LogP contribution in [0.5, 0.6) is 0 Å². The van der Waals surface area contributed by atoms with Gasteiger partial charge in [0.05, 0.1) is 18.4 Å². The molecule has 0 saturated heterocycles. The zero-order valence-electron chi connectivity index (χ0n) is 10.7. The highest BCUT2D eigenvalue weighted by Gasteiger charge is 2.06. The zero-order chi connectivity index (χ0) is 13.0. The lowest BCUT2D eigenvalue weighted by Gasteiger charge is -2.05. The first-order chi connectivity index (χ1) is 8.70. The lowest BCUT2D eigenvalue weighted by Crippen LogP contribution is -2.13. The molecule has 0 aliphatic carbocycles. The Hall–Kier alpha value is -1.20. The van der Waals surface area contributed by atoms with Crippen LogP contribution in [0, 0.1) is 6.92 Å². The molecule has 0 radical (unpaired) electrons. The van der Waals surface area contributed by atoms with Gasteiger partial charge in [-0.1, -0.05) is 6.92 Å². The maximum atomic E-state index is 4.41. The van der Waals surface area contributed by atoms with Crippen LogP contribution in [0.4, 0.5) is 0 Å². The van der Waals surface area contributed by atoms with Crippen molar-refractivity contribution in [2.24, 2.45) is 0 Å².